The lowest BCUT2D eigenvalue weighted by Crippen LogP contribution is -2.32. The number of nitrogens with zero attached hydrogens (tertiary/aromatic N) is 3. The molecule has 17 heavy (non-hydrogen) atoms. The molecule has 1 rings (SSSR count). The van der Waals surface area contributed by atoms with E-state index < -0.39 is 11.8 Å². The normalized spacial score (nSPS) is 10.3. The summed E-state index contributed by atoms with van der Waals surface area (Å²) in [6, 6.07) is 0. The van der Waals surface area contributed by atoms with Crippen LogP contribution in [0.1, 0.15) is 26.0 Å². The zero-order valence-corrected chi connectivity index (χ0v) is 9.98. The Hall–Kier alpha value is -1.72. The fraction of sp³-hybridized carbons (Fsp3) is 0.545. The van der Waals surface area contributed by atoms with Crippen LogP contribution in [-0.4, -0.2) is 34.1 Å². The average Bonchev–Trinajstić information content (AvgIpc) is 2.28. The maximum Gasteiger partial charge on any atom is 0.323 e. The lowest BCUT2D eigenvalue weighted by Gasteiger charge is -2.21. The second-order valence-electron chi connectivity index (χ2n) is 3.63. The molecule has 0 saturated heterocycles. The third-order valence-corrected chi connectivity index (χ3v) is 2.30. The Morgan fingerprint density at radius 2 is 2.18 bits per heavy atom. The molecule has 0 atom stereocenters. The molecule has 1 heterocycles. The van der Waals surface area contributed by atoms with Gasteiger partial charge in [0.15, 0.2) is 11.6 Å². The molecule has 6 heteroatoms. The van der Waals surface area contributed by atoms with Crippen molar-refractivity contribution in [2.75, 3.05) is 18.0 Å². The highest BCUT2D eigenvalue weighted by molar-refractivity contribution is 5.73. The van der Waals surface area contributed by atoms with Crippen LogP contribution in [0.15, 0.2) is 6.33 Å². The Morgan fingerprint density at radius 1 is 1.47 bits per heavy atom. The molecule has 1 aromatic rings. The Kier molecular flexibility index (Phi) is 4.81. The molecule has 0 aromatic carbocycles. The van der Waals surface area contributed by atoms with E-state index in [9.17, 15) is 9.18 Å². The van der Waals surface area contributed by atoms with E-state index in [1.165, 1.54) is 11.2 Å². The third-order valence-electron chi connectivity index (χ3n) is 2.30. The Bertz CT molecular complexity index is 398. The standard InChI is InChI=1S/C11H16FN3O2/c1-3-5-15(6-9(16)17)11-10(12)8(4-2)13-7-14-11/h7H,3-6H2,1-2H3,(H,16,17). The number of hydrogen-bond acceptors (Lipinski definition) is 4. The smallest absolute Gasteiger partial charge is 0.323 e. The fourth-order valence-corrected chi connectivity index (χ4v) is 1.56. The number of aromatic nitrogens is 2. The maximum absolute atomic E-state index is 13.9. The first-order valence-corrected chi connectivity index (χ1v) is 5.56. The second-order valence-corrected chi connectivity index (χ2v) is 3.63. The minimum absolute atomic E-state index is 0.0705. The Balaban J connectivity index is 3.04. The van der Waals surface area contributed by atoms with Gasteiger partial charge in [-0.25, -0.2) is 14.4 Å². The fourth-order valence-electron chi connectivity index (χ4n) is 1.56. The molecule has 5 nitrogen and oxygen atoms in total. The van der Waals surface area contributed by atoms with Gasteiger partial charge in [0.05, 0.1) is 5.69 Å². The molecular formula is C11H16FN3O2. The minimum Gasteiger partial charge on any atom is -0.480 e. The van der Waals surface area contributed by atoms with Gasteiger partial charge in [0.25, 0.3) is 0 Å². The summed E-state index contributed by atoms with van der Waals surface area (Å²) < 4.78 is 13.9. The topological polar surface area (TPSA) is 66.3 Å². The molecule has 1 N–H and O–H groups in total. The zero-order chi connectivity index (χ0) is 12.8. The minimum atomic E-state index is -1.01. The molecule has 1 aromatic heterocycles. The van der Waals surface area contributed by atoms with Crippen molar-refractivity contribution < 1.29 is 14.3 Å². The van der Waals surface area contributed by atoms with Gasteiger partial charge < -0.3 is 10.0 Å². The molecule has 0 aliphatic heterocycles. The monoisotopic (exact) mass is 241 g/mol. The first kappa shape index (κ1) is 13.3. The number of hydrogen-bond donors (Lipinski definition) is 1. The van der Waals surface area contributed by atoms with Gasteiger partial charge in [0.1, 0.15) is 12.9 Å². The van der Waals surface area contributed by atoms with Gasteiger partial charge in [-0.05, 0) is 12.8 Å². The van der Waals surface area contributed by atoms with Crippen LogP contribution in [0.4, 0.5) is 10.2 Å². The van der Waals surface area contributed by atoms with Crippen molar-refractivity contribution in [1.29, 1.82) is 0 Å². The summed E-state index contributed by atoms with van der Waals surface area (Å²) in [6.45, 7) is 3.87. The van der Waals surface area contributed by atoms with Crippen molar-refractivity contribution in [1.82, 2.24) is 9.97 Å². The number of halogens is 1. The molecule has 0 spiro atoms. The number of anilines is 1. The number of aryl methyl sites for hydroxylation is 1. The molecule has 94 valence electrons. The van der Waals surface area contributed by atoms with Gasteiger partial charge in [-0.3, -0.25) is 4.79 Å². The first-order valence-electron chi connectivity index (χ1n) is 5.56. The van der Waals surface area contributed by atoms with Gasteiger partial charge in [-0.2, -0.15) is 0 Å². The van der Waals surface area contributed by atoms with Crippen molar-refractivity contribution in [3.05, 3.63) is 17.8 Å². The van der Waals surface area contributed by atoms with Crippen LogP contribution in [0.5, 0.6) is 0 Å². The van der Waals surface area contributed by atoms with E-state index in [0.29, 0.717) is 18.7 Å². The summed E-state index contributed by atoms with van der Waals surface area (Å²) in [5.41, 5.74) is 0.307. The highest BCUT2D eigenvalue weighted by atomic mass is 19.1. The van der Waals surface area contributed by atoms with Crippen molar-refractivity contribution in [2.45, 2.75) is 26.7 Å². The Labute approximate surface area is 99.3 Å². The number of aliphatic carboxylic acids is 1. The molecule has 0 aliphatic rings. The van der Waals surface area contributed by atoms with Crippen molar-refractivity contribution in [3.8, 4) is 0 Å². The summed E-state index contributed by atoms with van der Waals surface area (Å²) in [4.78, 5) is 19.8. The molecule has 0 saturated carbocycles. The number of carboxylic acids is 1. The van der Waals surface area contributed by atoms with E-state index in [4.69, 9.17) is 5.11 Å². The summed E-state index contributed by atoms with van der Waals surface area (Å²) in [6.07, 6.45) is 2.44. The average molecular weight is 241 g/mol. The van der Waals surface area contributed by atoms with Crippen LogP contribution in [-0.2, 0) is 11.2 Å². The van der Waals surface area contributed by atoms with Crippen LogP contribution in [0, 0.1) is 5.82 Å². The van der Waals surface area contributed by atoms with E-state index in [0.717, 1.165) is 6.42 Å². The third kappa shape index (κ3) is 3.37. The predicted octanol–water partition coefficient (Wildman–Crippen LogP) is 1.48. The van der Waals surface area contributed by atoms with E-state index in [1.54, 1.807) is 6.92 Å². The highest BCUT2D eigenvalue weighted by Crippen LogP contribution is 2.18. The summed E-state index contributed by atoms with van der Waals surface area (Å²) in [5.74, 6) is -1.46. The van der Waals surface area contributed by atoms with Gasteiger partial charge in [-0.15, -0.1) is 0 Å². The quantitative estimate of drug-likeness (QED) is 0.817. The molecule has 0 radical (unpaired) electrons. The van der Waals surface area contributed by atoms with E-state index >= 15 is 0 Å². The van der Waals surface area contributed by atoms with Gasteiger partial charge >= 0.3 is 5.97 Å². The first-order chi connectivity index (χ1) is 8.10. The van der Waals surface area contributed by atoms with Gasteiger partial charge in [0.2, 0.25) is 0 Å². The van der Waals surface area contributed by atoms with Crippen molar-refractivity contribution in [3.63, 3.8) is 0 Å². The van der Waals surface area contributed by atoms with Crippen molar-refractivity contribution >= 4 is 11.8 Å². The highest BCUT2D eigenvalue weighted by Gasteiger charge is 2.18. The van der Waals surface area contributed by atoms with Crippen LogP contribution in [0.3, 0.4) is 0 Å². The lowest BCUT2D eigenvalue weighted by molar-refractivity contribution is -0.135. The van der Waals surface area contributed by atoms with E-state index in [-0.39, 0.29) is 12.4 Å². The molecular weight excluding hydrogens is 225 g/mol. The van der Waals surface area contributed by atoms with Crippen LogP contribution >= 0.6 is 0 Å². The van der Waals surface area contributed by atoms with Gasteiger partial charge in [0, 0.05) is 6.54 Å². The molecule has 0 unspecified atom stereocenters. The summed E-state index contributed by atoms with van der Waals surface area (Å²) in [5, 5.41) is 8.78. The van der Waals surface area contributed by atoms with E-state index in [1.807, 2.05) is 6.92 Å². The lowest BCUT2D eigenvalue weighted by atomic mass is 10.3. The zero-order valence-electron chi connectivity index (χ0n) is 9.98. The van der Waals surface area contributed by atoms with E-state index in [2.05, 4.69) is 9.97 Å². The molecule has 0 aliphatic carbocycles. The van der Waals surface area contributed by atoms with Crippen LogP contribution in [0.25, 0.3) is 0 Å². The largest absolute Gasteiger partial charge is 0.480 e. The number of carboxylic acid groups (broad SMARTS) is 1. The molecule has 0 bridgehead atoms. The Morgan fingerprint density at radius 3 is 2.71 bits per heavy atom. The van der Waals surface area contributed by atoms with Crippen LogP contribution in [0.2, 0.25) is 0 Å². The maximum atomic E-state index is 13.9. The predicted molar refractivity (Wildman–Crippen MR) is 61.5 cm³/mol. The summed E-state index contributed by atoms with van der Waals surface area (Å²) >= 11 is 0. The number of carbonyl (C=O) groups is 1. The molecule has 0 fully saturated rings. The van der Waals surface area contributed by atoms with Crippen LogP contribution < -0.4 is 4.90 Å². The van der Waals surface area contributed by atoms with Gasteiger partial charge in [-0.1, -0.05) is 13.8 Å². The molecule has 0 amide bonds. The second kappa shape index (κ2) is 6.12. The number of rotatable bonds is 6. The SMILES string of the molecule is CCCN(CC(=O)O)c1ncnc(CC)c1F. The summed E-state index contributed by atoms with van der Waals surface area (Å²) in [7, 11) is 0. The van der Waals surface area contributed by atoms with Crippen molar-refractivity contribution in [2.24, 2.45) is 0 Å².